The molecule has 7 nitrogen and oxygen atoms in total. The molecule has 1 heterocycles. The summed E-state index contributed by atoms with van der Waals surface area (Å²) in [7, 11) is 0. The largest absolute Gasteiger partial charge is 0.505 e. The van der Waals surface area contributed by atoms with E-state index in [1.165, 1.54) is 64.2 Å². The van der Waals surface area contributed by atoms with Crippen LogP contribution in [0.4, 0.5) is 0 Å². The van der Waals surface area contributed by atoms with Gasteiger partial charge in [0, 0.05) is 0 Å². The molecule has 0 radical (unpaired) electrons. The lowest BCUT2D eigenvalue weighted by Gasteiger charge is -2.17. The van der Waals surface area contributed by atoms with Gasteiger partial charge in [-0.15, -0.1) is 0 Å². The first kappa shape index (κ1) is 28.7. The van der Waals surface area contributed by atoms with E-state index in [1.54, 1.807) is 30.3 Å². The highest BCUT2D eigenvalue weighted by molar-refractivity contribution is 5.90. The number of hydrogen-bond donors (Lipinski definition) is 2. The summed E-state index contributed by atoms with van der Waals surface area (Å²) in [6.45, 7) is 2.10. The van der Waals surface area contributed by atoms with Crippen LogP contribution >= 0.6 is 0 Å². The van der Waals surface area contributed by atoms with E-state index in [9.17, 15) is 19.8 Å². The molecule has 1 aliphatic heterocycles. The molecule has 1 aromatic carbocycles. The molecule has 0 bridgehead atoms. The first-order valence-corrected chi connectivity index (χ1v) is 13.2. The topological polar surface area (TPSA) is 102 Å². The van der Waals surface area contributed by atoms with E-state index in [0.717, 1.165) is 19.3 Å². The maximum atomic E-state index is 12.0. The zero-order chi connectivity index (χ0) is 25.3. The lowest BCUT2D eigenvalue weighted by molar-refractivity contribution is -0.148. The highest BCUT2D eigenvalue weighted by Gasteiger charge is 2.41. The molecule has 0 spiro atoms. The van der Waals surface area contributed by atoms with Gasteiger partial charge in [-0.3, -0.25) is 0 Å². The predicted octanol–water partition coefficient (Wildman–Crippen LogP) is 6.01. The number of aliphatic hydroxyl groups excluding tert-OH is 2. The third kappa shape index (κ3) is 10.7. The third-order valence-electron chi connectivity index (χ3n) is 6.16. The minimum Gasteiger partial charge on any atom is -0.505 e. The number of unbranched alkanes of at least 4 members (excludes halogenated alkanes) is 12. The number of ether oxygens (including phenoxy) is 3. The van der Waals surface area contributed by atoms with Crippen molar-refractivity contribution in [3.8, 4) is 0 Å². The maximum absolute atomic E-state index is 12.0. The number of hydrogen-bond acceptors (Lipinski definition) is 7. The Labute approximate surface area is 209 Å². The van der Waals surface area contributed by atoms with E-state index in [0.29, 0.717) is 5.56 Å². The second kappa shape index (κ2) is 17.0. The molecule has 2 rings (SSSR count). The molecule has 0 saturated heterocycles. The molecule has 0 saturated carbocycles. The molecule has 1 aromatic rings. The monoisotopic (exact) mass is 490 g/mol. The van der Waals surface area contributed by atoms with Crippen LogP contribution in [0.1, 0.15) is 101 Å². The first-order valence-electron chi connectivity index (χ1n) is 13.2. The molecular weight excluding hydrogens is 448 g/mol. The summed E-state index contributed by atoms with van der Waals surface area (Å²) >= 11 is 0. The average molecular weight is 491 g/mol. The minimum atomic E-state index is -1.40. The molecule has 0 aromatic heterocycles. The summed E-state index contributed by atoms with van der Waals surface area (Å²) < 4.78 is 15.5. The zero-order valence-corrected chi connectivity index (χ0v) is 21.1. The van der Waals surface area contributed by atoms with Crippen molar-refractivity contribution in [2.75, 3.05) is 13.2 Å². The molecule has 2 N–H and O–H groups in total. The number of rotatable bonds is 19. The molecule has 7 heteroatoms. The molecule has 35 heavy (non-hydrogen) atoms. The fourth-order valence-corrected chi connectivity index (χ4v) is 4.05. The van der Waals surface area contributed by atoms with Crippen LogP contribution in [0.2, 0.25) is 0 Å². The molecule has 2 atom stereocenters. The van der Waals surface area contributed by atoms with E-state index in [-0.39, 0.29) is 12.4 Å². The lowest BCUT2D eigenvalue weighted by Crippen LogP contribution is -2.33. The van der Waals surface area contributed by atoms with Crippen molar-refractivity contribution in [3.05, 3.63) is 47.4 Å². The SMILES string of the molecule is CCCCCCCCCCCCCCCOC1=C(O)[C@@H]([C@@H](O)COC(=O)c2ccccc2)OC1=O. The van der Waals surface area contributed by atoms with Crippen LogP contribution in [0.15, 0.2) is 41.9 Å². The second-order valence-corrected chi connectivity index (χ2v) is 9.16. The van der Waals surface area contributed by atoms with Crippen LogP contribution in [0.5, 0.6) is 0 Å². The van der Waals surface area contributed by atoms with Gasteiger partial charge in [0.05, 0.1) is 12.2 Å². The van der Waals surface area contributed by atoms with Crippen molar-refractivity contribution in [2.45, 2.75) is 103 Å². The fraction of sp³-hybridized carbons (Fsp3) is 0.643. The van der Waals surface area contributed by atoms with Crippen molar-refractivity contribution < 1.29 is 34.0 Å². The Morgan fingerprint density at radius 3 is 2.03 bits per heavy atom. The van der Waals surface area contributed by atoms with Crippen LogP contribution in [-0.2, 0) is 19.0 Å². The molecule has 0 fully saturated rings. The van der Waals surface area contributed by atoms with Gasteiger partial charge in [-0.25, -0.2) is 9.59 Å². The smallest absolute Gasteiger partial charge is 0.378 e. The second-order valence-electron chi connectivity index (χ2n) is 9.16. The van der Waals surface area contributed by atoms with Gasteiger partial charge < -0.3 is 24.4 Å². The van der Waals surface area contributed by atoms with Gasteiger partial charge in [0.15, 0.2) is 11.9 Å². The Bertz CT molecular complexity index is 775. The van der Waals surface area contributed by atoms with Gasteiger partial charge >= 0.3 is 11.9 Å². The zero-order valence-electron chi connectivity index (χ0n) is 21.1. The van der Waals surface area contributed by atoms with Crippen LogP contribution in [0.3, 0.4) is 0 Å². The van der Waals surface area contributed by atoms with E-state index in [4.69, 9.17) is 14.2 Å². The molecule has 0 unspecified atom stereocenters. The quantitative estimate of drug-likeness (QED) is 0.181. The Morgan fingerprint density at radius 2 is 1.46 bits per heavy atom. The van der Waals surface area contributed by atoms with Gasteiger partial charge in [0.1, 0.15) is 12.7 Å². The van der Waals surface area contributed by atoms with E-state index in [2.05, 4.69) is 6.92 Å². The number of aliphatic hydroxyl groups is 2. The van der Waals surface area contributed by atoms with E-state index >= 15 is 0 Å². The standard InChI is InChI=1S/C28H42O7/c1-2-3-4-5-6-7-8-9-10-11-12-13-17-20-33-26-24(30)25(35-28(26)32)23(29)21-34-27(31)22-18-15-14-16-19-22/h14-16,18-19,23,25,29-30H,2-13,17,20-21H2,1H3/t23-,25+/m0/s1. The Balaban J connectivity index is 1.55. The summed E-state index contributed by atoms with van der Waals surface area (Å²) in [5, 5.41) is 20.5. The number of cyclic esters (lactones) is 1. The molecule has 1 aliphatic rings. The molecule has 0 aliphatic carbocycles. The van der Waals surface area contributed by atoms with E-state index < -0.39 is 36.5 Å². The van der Waals surface area contributed by atoms with Gasteiger partial charge in [0.2, 0.25) is 5.76 Å². The molecule has 196 valence electrons. The van der Waals surface area contributed by atoms with Crippen LogP contribution < -0.4 is 0 Å². The molecular formula is C28H42O7. The summed E-state index contributed by atoms with van der Waals surface area (Å²) in [5.74, 6) is -2.18. The number of esters is 2. The van der Waals surface area contributed by atoms with Crippen molar-refractivity contribution >= 4 is 11.9 Å². The summed E-state index contributed by atoms with van der Waals surface area (Å²) in [5.41, 5.74) is 0.338. The Morgan fingerprint density at radius 1 is 0.914 bits per heavy atom. The van der Waals surface area contributed by atoms with E-state index in [1.807, 2.05) is 0 Å². The van der Waals surface area contributed by atoms with Gasteiger partial charge in [-0.2, -0.15) is 0 Å². The van der Waals surface area contributed by atoms with Gasteiger partial charge in [0.25, 0.3) is 0 Å². The van der Waals surface area contributed by atoms with Crippen molar-refractivity contribution in [1.82, 2.24) is 0 Å². The van der Waals surface area contributed by atoms with Crippen molar-refractivity contribution in [2.24, 2.45) is 0 Å². The number of carbonyl (C=O) groups excluding carboxylic acids is 2. The minimum absolute atomic E-state index is 0.276. The first-order chi connectivity index (χ1) is 17.0. The van der Waals surface area contributed by atoms with Crippen LogP contribution in [0, 0.1) is 0 Å². The normalized spacial score (nSPS) is 16.3. The van der Waals surface area contributed by atoms with Crippen LogP contribution in [0.25, 0.3) is 0 Å². The van der Waals surface area contributed by atoms with Gasteiger partial charge in [-0.1, -0.05) is 102 Å². The average Bonchev–Trinajstić information content (AvgIpc) is 3.16. The van der Waals surface area contributed by atoms with Gasteiger partial charge in [-0.05, 0) is 18.6 Å². The maximum Gasteiger partial charge on any atom is 0.378 e. The number of carbonyl (C=O) groups is 2. The fourth-order valence-electron chi connectivity index (χ4n) is 4.05. The Kier molecular flexibility index (Phi) is 13.9. The highest BCUT2D eigenvalue weighted by atomic mass is 16.6. The van der Waals surface area contributed by atoms with Crippen LogP contribution in [-0.4, -0.2) is 47.6 Å². The van der Waals surface area contributed by atoms with Crippen molar-refractivity contribution in [1.29, 1.82) is 0 Å². The Hall–Kier alpha value is -2.54. The summed E-state index contributed by atoms with van der Waals surface area (Å²) in [4.78, 5) is 24.0. The highest BCUT2D eigenvalue weighted by Crippen LogP contribution is 2.25. The predicted molar refractivity (Wildman–Crippen MR) is 134 cm³/mol. The lowest BCUT2D eigenvalue weighted by atomic mass is 10.0. The molecule has 0 amide bonds. The summed E-state index contributed by atoms with van der Waals surface area (Å²) in [6.07, 6.45) is 13.3. The summed E-state index contributed by atoms with van der Waals surface area (Å²) in [6, 6.07) is 8.34. The number of benzene rings is 1. The third-order valence-corrected chi connectivity index (χ3v) is 6.16. The van der Waals surface area contributed by atoms with Crippen molar-refractivity contribution in [3.63, 3.8) is 0 Å².